The molecule has 1 N–H and O–H groups in total. The standard InChI is InChI=1S/C19H22N2O6/c1-3-9-26-17-8-7-14(10-18(17)25-2)12-20-19(22)13-27-16-6-4-5-15(11-16)21(23)24/h4-8,10-11H,3,9,12-13H2,1-2H3,(H,20,22). The number of methoxy groups -OCH3 is 1. The van der Waals surface area contributed by atoms with Crippen LogP contribution < -0.4 is 19.5 Å². The second kappa shape index (κ2) is 10.0. The summed E-state index contributed by atoms with van der Waals surface area (Å²) < 4.78 is 16.2. The zero-order chi connectivity index (χ0) is 19.6. The van der Waals surface area contributed by atoms with Crippen LogP contribution in [0.15, 0.2) is 42.5 Å². The van der Waals surface area contributed by atoms with Gasteiger partial charge < -0.3 is 19.5 Å². The highest BCUT2D eigenvalue weighted by molar-refractivity contribution is 5.77. The number of carbonyl (C=O) groups excluding carboxylic acids is 1. The second-order valence-corrected chi connectivity index (χ2v) is 5.65. The smallest absolute Gasteiger partial charge is 0.273 e. The molecule has 2 aromatic carbocycles. The van der Waals surface area contributed by atoms with E-state index in [0.29, 0.717) is 24.7 Å². The van der Waals surface area contributed by atoms with Gasteiger partial charge in [0.25, 0.3) is 11.6 Å². The molecule has 8 heteroatoms. The summed E-state index contributed by atoms with van der Waals surface area (Å²) in [6, 6.07) is 11.1. The molecule has 0 saturated heterocycles. The molecule has 2 aromatic rings. The van der Waals surface area contributed by atoms with Gasteiger partial charge >= 0.3 is 0 Å². The van der Waals surface area contributed by atoms with Crippen molar-refractivity contribution in [1.82, 2.24) is 5.32 Å². The van der Waals surface area contributed by atoms with Crippen LogP contribution >= 0.6 is 0 Å². The number of ether oxygens (including phenoxy) is 3. The van der Waals surface area contributed by atoms with E-state index in [9.17, 15) is 14.9 Å². The molecule has 0 aliphatic heterocycles. The van der Waals surface area contributed by atoms with Crippen molar-refractivity contribution in [2.24, 2.45) is 0 Å². The summed E-state index contributed by atoms with van der Waals surface area (Å²) in [4.78, 5) is 22.2. The Morgan fingerprint density at radius 1 is 1.15 bits per heavy atom. The zero-order valence-electron chi connectivity index (χ0n) is 15.3. The van der Waals surface area contributed by atoms with Gasteiger partial charge in [-0.05, 0) is 30.2 Å². The van der Waals surface area contributed by atoms with Gasteiger partial charge in [-0.25, -0.2) is 0 Å². The largest absolute Gasteiger partial charge is 0.493 e. The highest BCUT2D eigenvalue weighted by Crippen LogP contribution is 2.28. The van der Waals surface area contributed by atoms with Crippen molar-refractivity contribution in [1.29, 1.82) is 0 Å². The number of nitro groups is 1. The van der Waals surface area contributed by atoms with Crippen molar-refractivity contribution in [3.05, 3.63) is 58.1 Å². The van der Waals surface area contributed by atoms with E-state index in [4.69, 9.17) is 14.2 Å². The van der Waals surface area contributed by atoms with E-state index in [1.807, 2.05) is 13.0 Å². The third-order valence-corrected chi connectivity index (χ3v) is 3.58. The molecular formula is C19H22N2O6. The van der Waals surface area contributed by atoms with Crippen LogP contribution in [-0.4, -0.2) is 31.2 Å². The molecule has 0 heterocycles. The molecule has 0 aliphatic carbocycles. The Hall–Kier alpha value is -3.29. The Labute approximate surface area is 157 Å². The minimum Gasteiger partial charge on any atom is -0.493 e. The number of benzene rings is 2. The average Bonchev–Trinajstić information content (AvgIpc) is 2.69. The Morgan fingerprint density at radius 2 is 1.96 bits per heavy atom. The zero-order valence-corrected chi connectivity index (χ0v) is 15.3. The van der Waals surface area contributed by atoms with Crippen LogP contribution in [0.5, 0.6) is 17.2 Å². The van der Waals surface area contributed by atoms with Crippen molar-refractivity contribution in [2.75, 3.05) is 20.3 Å². The number of nitrogens with zero attached hydrogens (tertiary/aromatic N) is 1. The van der Waals surface area contributed by atoms with Crippen LogP contribution in [0.4, 0.5) is 5.69 Å². The predicted octanol–water partition coefficient (Wildman–Crippen LogP) is 3.09. The Bertz CT molecular complexity index is 794. The normalized spacial score (nSPS) is 10.1. The molecule has 0 saturated carbocycles. The average molecular weight is 374 g/mol. The number of rotatable bonds is 10. The van der Waals surface area contributed by atoms with E-state index in [1.165, 1.54) is 18.2 Å². The fourth-order valence-corrected chi connectivity index (χ4v) is 2.24. The fraction of sp³-hybridized carbons (Fsp3) is 0.316. The van der Waals surface area contributed by atoms with Crippen molar-refractivity contribution < 1.29 is 23.9 Å². The molecule has 0 radical (unpaired) electrons. The van der Waals surface area contributed by atoms with Crippen LogP contribution in [0, 0.1) is 10.1 Å². The van der Waals surface area contributed by atoms with Crippen molar-refractivity contribution in [2.45, 2.75) is 19.9 Å². The maximum Gasteiger partial charge on any atom is 0.273 e. The summed E-state index contributed by atoms with van der Waals surface area (Å²) in [5.41, 5.74) is 0.754. The quantitative estimate of drug-likeness (QED) is 0.507. The molecule has 0 spiro atoms. The number of hydrogen-bond donors (Lipinski definition) is 1. The maximum absolute atomic E-state index is 11.9. The van der Waals surface area contributed by atoms with E-state index in [-0.39, 0.29) is 24.0 Å². The molecule has 8 nitrogen and oxygen atoms in total. The summed E-state index contributed by atoms with van der Waals surface area (Å²) >= 11 is 0. The van der Waals surface area contributed by atoms with E-state index in [1.54, 1.807) is 25.3 Å². The van der Waals surface area contributed by atoms with Crippen LogP contribution in [0.25, 0.3) is 0 Å². The number of nitrogens with one attached hydrogen (secondary N) is 1. The van der Waals surface area contributed by atoms with Crippen molar-refractivity contribution >= 4 is 11.6 Å². The monoisotopic (exact) mass is 374 g/mol. The Balaban J connectivity index is 1.86. The topological polar surface area (TPSA) is 99.9 Å². The van der Waals surface area contributed by atoms with E-state index in [2.05, 4.69) is 5.32 Å². The number of non-ortho nitro benzene ring substituents is 1. The summed E-state index contributed by atoms with van der Waals surface area (Å²) in [7, 11) is 1.56. The summed E-state index contributed by atoms with van der Waals surface area (Å²) in [6.07, 6.45) is 0.894. The van der Waals surface area contributed by atoms with Gasteiger partial charge in [0.05, 0.1) is 24.7 Å². The van der Waals surface area contributed by atoms with Gasteiger partial charge in [0, 0.05) is 12.6 Å². The van der Waals surface area contributed by atoms with Gasteiger partial charge in [-0.2, -0.15) is 0 Å². The maximum atomic E-state index is 11.9. The lowest BCUT2D eigenvalue weighted by Gasteiger charge is -2.12. The van der Waals surface area contributed by atoms with Gasteiger partial charge in [0.1, 0.15) is 5.75 Å². The van der Waals surface area contributed by atoms with Crippen molar-refractivity contribution in [3.8, 4) is 17.2 Å². The van der Waals surface area contributed by atoms with Gasteiger partial charge in [-0.1, -0.05) is 19.1 Å². The molecule has 0 aromatic heterocycles. The first-order chi connectivity index (χ1) is 13.0. The Kier molecular flexibility index (Phi) is 7.42. The van der Waals surface area contributed by atoms with Crippen LogP contribution in [0.3, 0.4) is 0 Å². The molecule has 144 valence electrons. The first kappa shape index (κ1) is 20.0. The molecule has 2 rings (SSSR count). The first-order valence-corrected chi connectivity index (χ1v) is 8.47. The molecule has 27 heavy (non-hydrogen) atoms. The van der Waals surface area contributed by atoms with E-state index < -0.39 is 4.92 Å². The van der Waals surface area contributed by atoms with E-state index in [0.717, 1.165) is 12.0 Å². The molecular weight excluding hydrogens is 352 g/mol. The van der Waals surface area contributed by atoms with E-state index >= 15 is 0 Å². The van der Waals surface area contributed by atoms with Gasteiger partial charge in [-0.15, -0.1) is 0 Å². The highest BCUT2D eigenvalue weighted by atomic mass is 16.6. The highest BCUT2D eigenvalue weighted by Gasteiger charge is 2.09. The lowest BCUT2D eigenvalue weighted by atomic mass is 10.2. The number of nitro benzene ring substituents is 1. The third kappa shape index (κ3) is 6.18. The SMILES string of the molecule is CCCOc1ccc(CNC(=O)COc2cccc([N+](=O)[O-])c2)cc1OC. The number of hydrogen-bond acceptors (Lipinski definition) is 6. The van der Waals surface area contributed by atoms with Crippen LogP contribution in [0.1, 0.15) is 18.9 Å². The molecule has 0 atom stereocenters. The lowest BCUT2D eigenvalue weighted by molar-refractivity contribution is -0.384. The fourth-order valence-electron chi connectivity index (χ4n) is 2.24. The van der Waals surface area contributed by atoms with Crippen molar-refractivity contribution in [3.63, 3.8) is 0 Å². The molecule has 0 aliphatic rings. The lowest BCUT2D eigenvalue weighted by Crippen LogP contribution is -2.28. The Morgan fingerprint density at radius 3 is 2.67 bits per heavy atom. The second-order valence-electron chi connectivity index (χ2n) is 5.65. The molecule has 0 fully saturated rings. The summed E-state index contributed by atoms with van der Waals surface area (Å²) in [6.45, 7) is 2.67. The number of amides is 1. The minimum atomic E-state index is -0.520. The molecule has 0 unspecified atom stereocenters. The van der Waals surface area contributed by atoms with Crippen LogP contribution in [-0.2, 0) is 11.3 Å². The minimum absolute atomic E-state index is 0.0922. The number of carbonyl (C=O) groups is 1. The van der Waals surface area contributed by atoms with Gasteiger partial charge in [0.15, 0.2) is 18.1 Å². The van der Waals surface area contributed by atoms with Gasteiger partial charge in [-0.3, -0.25) is 14.9 Å². The predicted molar refractivity (Wildman–Crippen MR) is 99.2 cm³/mol. The summed E-state index contributed by atoms with van der Waals surface area (Å²) in [5.74, 6) is 1.18. The molecule has 0 bridgehead atoms. The van der Waals surface area contributed by atoms with Crippen LogP contribution in [0.2, 0.25) is 0 Å². The molecule has 1 amide bonds. The van der Waals surface area contributed by atoms with Gasteiger partial charge in [0.2, 0.25) is 0 Å². The first-order valence-electron chi connectivity index (χ1n) is 8.47. The third-order valence-electron chi connectivity index (χ3n) is 3.58. The summed E-state index contributed by atoms with van der Waals surface area (Å²) in [5, 5.41) is 13.5.